The lowest BCUT2D eigenvalue weighted by atomic mass is 10.4. The average molecular weight is 764 g/mol. The van der Waals surface area contributed by atoms with E-state index in [1.807, 2.05) is 0 Å². The summed E-state index contributed by atoms with van der Waals surface area (Å²) < 4.78 is 24.0. The van der Waals surface area contributed by atoms with Crippen LogP contribution in [0.15, 0.2) is 121 Å². The molecule has 3 nitrogen and oxygen atoms in total. The molecule has 0 aliphatic heterocycles. The van der Waals surface area contributed by atoms with Crippen LogP contribution in [-0.2, 0) is 12.3 Å². The summed E-state index contributed by atoms with van der Waals surface area (Å²) in [7, 11) is -17.5. The highest BCUT2D eigenvalue weighted by Crippen LogP contribution is 2.29. The van der Waals surface area contributed by atoms with Crippen molar-refractivity contribution < 1.29 is 12.3 Å². The topological polar surface area (TPSA) is 27.7 Å². The third-order valence-corrected chi connectivity index (χ3v) is 58.5. The summed E-state index contributed by atoms with van der Waals surface area (Å²) in [5.74, 6) is 0. The van der Waals surface area contributed by atoms with Crippen LogP contribution in [-0.4, -0.2) is 63.6 Å². The van der Waals surface area contributed by atoms with Gasteiger partial charge < -0.3 is 12.3 Å². The van der Waals surface area contributed by atoms with E-state index in [1.165, 1.54) is 20.7 Å². The first-order valence-electron chi connectivity index (χ1n) is 17.1. The maximum Gasteiger partial charge on any atom is 0.281 e. The molecule has 0 saturated heterocycles. The summed E-state index contributed by atoms with van der Waals surface area (Å²) in [6.45, 7) is 30.0. The Balaban J connectivity index is 1.93. The molecule has 4 aromatic rings. The van der Waals surface area contributed by atoms with E-state index < -0.39 is 63.6 Å². The molecule has 11 heteroatoms. The maximum atomic E-state index is 8.06. The lowest BCUT2D eigenvalue weighted by Crippen LogP contribution is -2.80. The standard InChI is InChI=1S/C36H58O3Si8/c1-42(2,3)40(38-46(44(7,8)9,33-25-17-13-18-26-33)34-27-19-14-20-28-34)37-41(43(4,5)6)39-47(45(10,11)12,35-29-21-15-22-30-35)36-31-23-16-24-32-36/h13-32,40-41H,1-12H3. The van der Waals surface area contributed by atoms with Crippen LogP contribution in [0.2, 0.25) is 78.6 Å². The molecule has 4 aromatic carbocycles. The number of hydrogen-bond donors (Lipinski definition) is 0. The molecule has 0 radical (unpaired) electrons. The van der Waals surface area contributed by atoms with Crippen LogP contribution in [0.25, 0.3) is 0 Å². The van der Waals surface area contributed by atoms with E-state index in [4.69, 9.17) is 12.3 Å². The molecule has 0 spiro atoms. The average Bonchev–Trinajstić information content (AvgIpc) is 3.00. The molecule has 0 N–H and O–H groups in total. The molecule has 0 bridgehead atoms. The van der Waals surface area contributed by atoms with Gasteiger partial charge in [-0.15, -0.1) is 0 Å². The van der Waals surface area contributed by atoms with Gasteiger partial charge in [-0.1, -0.05) is 200 Å². The molecular weight excluding hydrogens is 705 g/mol. The van der Waals surface area contributed by atoms with Gasteiger partial charge in [0.2, 0.25) is 15.7 Å². The maximum absolute atomic E-state index is 8.06. The number of rotatable bonds is 14. The van der Waals surface area contributed by atoms with Crippen LogP contribution in [0.5, 0.6) is 0 Å². The Morgan fingerprint density at radius 2 is 0.553 bits per heavy atom. The number of benzene rings is 4. The van der Waals surface area contributed by atoms with Gasteiger partial charge in [-0.2, -0.15) is 0 Å². The first kappa shape index (κ1) is 38.3. The van der Waals surface area contributed by atoms with E-state index >= 15 is 0 Å². The minimum absolute atomic E-state index is 1.39. The summed E-state index contributed by atoms with van der Waals surface area (Å²) in [6.07, 6.45) is 0. The molecule has 4 rings (SSSR count). The molecule has 0 heterocycles. The minimum Gasteiger partial charge on any atom is -0.436 e. The molecule has 0 aliphatic rings. The van der Waals surface area contributed by atoms with E-state index in [0.717, 1.165) is 0 Å². The first-order valence-corrected chi connectivity index (χ1v) is 42.4. The Hall–Kier alpha value is -1.50. The lowest BCUT2D eigenvalue weighted by Gasteiger charge is -2.49. The van der Waals surface area contributed by atoms with E-state index in [1.54, 1.807) is 0 Å². The van der Waals surface area contributed by atoms with Gasteiger partial charge >= 0.3 is 0 Å². The predicted molar refractivity (Wildman–Crippen MR) is 227 cm³/mol. The summed E-state index contributed by atoms with van der Waals surface area (Å²) >= 11 is 0. The second kappa shape index (κ2) is 14.8. The van der Waals surface area contributed by atoms with Crippen LogP contribution in [0.4, 0.5) is 0 Å². The summed E-state index contributed by atoms with van der Waals surface area (Å²) in [4.78, 5) is 0. The fraction of sp³-hybridized carbons (Fsp3) is 0.333. The highest BCUT2D eigenvalue weighted by atomic mass is 29.3. The third-order valence-electron chi connectivity index (χ3n) is 9.06. The van der Waals surface area contributed by atoms with Gasteiger partial charge in [0.25, 0.3) is 17.6 Å². The fourth-order valence-electron chi connectivity index (χ4n) is 6.63. The third kappa shape index (κ3) is 8.28. The monoisotopic (exact) mass is 762 g/mol. The van der Waals surface area contributed by atoms with Gasteiger partial charge in [0.05, 0.1) is 30.4 Å². The van der Waals surface area contributed by atoms with Crippen molar-refractivity contribution >= 4 is 84.4 Å². The fourth-order valence-corrected chi connectivity index (χ4v) is 72.6. The molecule has 0 fully saturated rings. The lowest BCUT2D eigenvalue weighted by molar-refractivity contribution is 0.403. The van der Waals surface area contributed by atoms with Crippen molar-refractivity contribution in [2.45, 2.75) is 78.6 Å². The highest BCUT2D eigenvalue weighted by molar-refractivity contribution is 7.52. The second-order valence-corrected chi connectivity index (χ2v) is 71.3. The Labute approximate surface area is 294 Å². The van der Waals surface area contributed by atoms with Crippen LogP contribution in [0.1, 0.15) is 0 Å². The molecule has 0 saturated carbocycles. The molecule has 0 aromatic heterocycles. The smallest absolute Gasteiger partial charge is 0.281 e. The zero-order valence-corrected chi connectivity index (χ0v) is 39.2. The SMILES string of the molecule is C[Si](C)(C)[SiH](O[SiH](O[Si](c1ccccc1)(c1ccccc1)[Si](C)(C)C)[Si](C)(C)C)O[Si](c1ccccc1)(c1ccccc1)[Si](C)(C)C. The Kier molecular flexibility index (Phi) is 12.0. The van der Waals surface area contributed by atoms with Gasteiger partial charge in [-0.3, -0.25) is 0 Å². The zero-order chi connectivity index (χ0) is 34.7. The normalized spacial score (nSPS) is 14.9. The zero-order valence-electron chi connectivity index (χ0n) is 30.9. The molecular formula is C36H58O3Si8. The van der Waals surface area contributed by atoms with Crippen LogP contribution in [0, 0.1) is 0 Å². The Morgan fingerprint density at radius 1 is 0.340 bits per heavy atom. The van der Waals surface area contributed by atoms with E-state index in [2.05, 4.69) is 200 Å². The van der Waals surface area contributed by atoms with E-state index in [-0.39, 0.29) is 0 Å². The second-order valence-electron chi connectivity index (χ2n) is 17.1. The Bertz CT molecular complexity index is 1350. The largest absolute Gasteiger partial charge is 0.436 e. The Morgan fingerprint density at radius 3 is 0.723 bits per heavy atom. The number of hydrogen-bond acceptors (Lipinski definition) is 3. The van der Waals surface area contributed by atoms with Crippen LogP contribution >= 0.6 is 0 Å². The van der Waals surface area contributed by atoms with Gasteiger partial charge in [-0.05, 0) is 20.7 Å². The van der Waals surface area contributed by atoms with Gasteiger partial charge in [0, 0.05) is 0 Å². The van der Waals surface area contributed by atoms with Crippen molar-refractivity contribution in [2.24, 2.45) is 0 Å². The summed E-state index contributed by atoms with van der Waals surface area (Å²) in [5.41, 5.74) is 0. The van der Waals surface area contributed by atoms with Crippen molar-refractivity contribution in [1.82, 2.24) is 0 Å². The summed E-state index contributed by atoms with van der Waals surface area (Å²) in [5, 5.41) is 5.54. The minimum atomic E-state index is -2.66. The van der Waals surface area contributed by atoms with Crippen molar-refractivity contribution in [1.29, 1.82) is 0 Å². The van der Waals surface area contributed by atoms with Gasteiger partial charge in [-0.25, -0.2) is 0 Å². The van der Waals surface area contributed by atoms with Gasteiger partial charge in [0.15, 0.2) is 0 Å². The van der Waals surface area contributed by atoms with E-state index in [9.17, 15) is 0 Å². The van der Waals surface area contributed by atoms with Crippen molar-refractivity contribution in [3.63, 3.8) is 0 Å². The predicted octanol–water partition coefficient (Wildman–Crippen LogP) is 6.66. The van der Waals surface area contributed by atoms with Crippen molar-refractivity contribution in [3.8, 4) is 0 Å². The first-order chi connectivity index (χ1) is 21.8. The quantitative estimate of drug-likeness (QED) is 0.135. The molecule has 2 atom stereocenters. The summed E-state index contributed by atoms with van der Waals surface area (Å²) in [6, 6.07) is 44.9. The van der Waals surface area contributed by atoms with Gasteiger partial charge in [0.1, 0.15) is 0 Å². The molecule has 2 unspecified atom stereocenters. The van der Waals surface area contributed by atoms with E-state index in [0.29, 0.717) is 0 Å². The highest BCUT2D eigenvalue weighted by Gasteiger charge is 2.57. The van der Waals surface area contributed by atoms with Crippen molar-refractivity contribution in [3.05, 3.63) is 121 Å². The van der Waals surface area contributed by atoms with Crippen molar-refractivity contribution in [2.75, 3.05) is 0 Å². The van der Waals surface area contributed by atoms with Crippen LogP contribution in [0.3, 0.4) is 0 Å². The molecule has 0 amide bonds. The van der Waals surface area contributed by atoms with Crippen LogP contribution < -0.4 is 20.7 Å². The molecule has 252 valence electrons. The molecule has 0 aliphatic carbocycles. The molecule has 47 heavy (non-hydrogen) atoms.